The highest BCUT2D eigenvalue weighted by Gasteiger charge is 2.11. The van der Waals surface area contributed by atoms with Crippen LogP contribution in [0.4, 0.5) is 0 Å². The fraction of sp³-hybridized carbons (Fsp3) is 0.316. The summed E-state index contributed by atoms with van der Waals surface area (Å²) in [4.78, 5) is 28.2. The van der Waals surface area contributed by atoms with E-state index in [1.54, 1.807) is 6.07 Å². The SMILES string of the molecule is CC(C)CNC(=O)c1cncc(C(=O)NCCc2ccccc2)c1. The third-order valence-electron chi connectivity index (χ3n) is 3.48. The Labute approximate surface area is 142 Å². The van der Waals surface area contributed by atoms with Crippen LogP contribution >= 0.6 is 0 Å². The molecule has 0 unspecified atom stereocenters. The molecule has 5 heteroatoms. The minimum absolute atomic E-state index is 0.213. The number of hydrogen-bond acceptors (Lipinski definition) is 3. The summed E-state index contributed by atoms with van der Waals surface area (Å²) >= 11 is 0. The van der Waals surface area contributed by atoms with Crippen LogP contribution in [0.5, 0.6) is 0 Å². The topological polar surface area (TPSA) is 71.1 Å². The Morgan fingerprint density at radius 1 is 1.00 bits per heavy atom. The van der Waals surface area contributed by atoms with E-state index in [2.05, 4.69) is 15.6 Å². The van der Waals surface area contributed by atoms with Gasteiger partial charge >= 0.3 is 0 Å². The van der Waals surface area contributed by atoms with Gasteiger partial charge in [0.15, 0.2) is 0 Å². The predicted octanol–water partition coefficient (Wildman–Crippen LogP) is 2.44. The molecule has 1 aromatic heterocycles. The number of nitrogens with one attached hydrogen (secondary N) is 2. The first-order valence-electron chi connectivity index (χ1n) is 8.11. The van der Waals surface area contributed by atoms with Crippen molar-refractivity contribution in [1.29, 1.82) is 0 Å². The van der Waals surface area contributed by atoms with Gasteiger partial charge < -0.3 is 10.6 Å². The molecule has 0 aliphatic carbocycles. The minimum atomic E-state index is -0.225. The van der Waals surface area contributed by atoms with E-state index < -0.39 is 0 Å². The average Bonchev–Trinajstić information content (AvgIpc) is 2.60. The van der Waals surface area contributed by atoms with E-state index in [1.165, 1.54) is 12.4 Å². The first-order chi connectivity index (χ1) is 11.6. The Bertz CT molecular complexity index is 684. The summed E-state index contributed by atoms with van der Waals surface area (Å²) in [6.45, 7) is 5.17. The van der Waals surface area contributed by atoms with Crippen LogP contribution in [0.3, 0.4) is 0 Å². The number of amides is 2. The lowest BCUT2D eigenvalue weighted by Gasteiger charge is -2.09. The van der Waals surface area contributed by atoms with Crippen molar-refractivity contribution in [2.24, 2.45) is 5.92 Å². The predicted molar refractivity (Wildman–Crippen MR) is 93.9 cm³/mol. The highest BCUT2D eigenvalue weighted by Crippen LogP contribution is 2.04. The van der Waals surface area contributed by atoms with Crippen LogP contribution in [0.15, 0.2) is 48.8 Å². The molecule has 0 atom stereocenters. The molecule has 2 amide bonds. The summed E-state index contributed by atoms with van der Waals surface area (Å²) in [6, 6.07) is 11.5. The van der Waals surface area contributed by atoms with E-state index in [1.807, 2.05) is 44.2 Å². The summed E-state index contributed by atoms with van der Waals surface area (Å²) in [6.07, 6.45) is 3.70. The van der Waals surface area contributed by atoms with Gasteiger partial charge in [-0.3, -0.25) is 14.6 Å². The van der Waals surface area contributed by atoms with Gasteiger partial charge in [0.1, 0.15) is 0 Å². The first kappa shape index (κ1) is 17.7. The fourth-order valence-electron chi connectivity index (χ4n) is 2.15. The van der Waals surface area contributed by atoms with E-state index in [9.17, 15) is 9.59 Å². The maximum Gasteiger partial charge on any atom is 0.252 e. The van der Waals surface area contributed by atoms with E-state index >= 15 is 0 Å². The molecule has 2 rings (SSSR count). The van der Waals surface area contributed by atoms with Gasteiger partial charge in [0.2, 0.25) is 0 Å². The number of carbonyl (C=O) groups excluding carboxylic acids is 2. The summed E-state index contributed by atoms with van der Waals surface area (Å²) in [5, 5.41) is 5.67. The van der Waals surface area contributed by atoms with Gasteiger partial charge in [-0.1, -0.05) is 44.2 Å². The Kier molecular flexibility index (Phi) is 6.49. The van der Waals surface area contributed by atoms with Crippen molar-refractivity contribution in [2.45, 2.75) is 20.3 Å². The number of nitrogens with zero attached hydrogens (tertiary/aromatic N) is 1. The van der Waals surface area contributed by atoms with Gasteiger partial charge in [-0.15, -0.1) is 0 Å². The van der Waals surface area contributed by atoms with Crippen molar-refractivity contribution < 1.29 is 9.59 Å². The molecule has 0 fully saturated rings. The standard InChI is InChI=1S/C19H23N3O2/c1-14(2)11-22-19(24)17-10-16(12-20-13-17)18(23)21-9-8-15-6-4-3-5-7-15/h3-7,10,12-14H,8-9,11H2,1-2H3,(H,21,23)(H,22,24). The lowest BCUT2D eigenvalue weighted by molar-refractivity contribution is 0.0948. The van der Waals surface area contributed by atoms with E-state index in [0.29, 0.717) is 30.1 Å². The Morgan fingerprint density at radius 2 is 1.62 bits per heavy atom. The molecule has 24 heavy (non-hydrogen) atoms. The van der Waals surface area contributed by atoms with Crippen LogP contribution in [0.1, 0.15) is 40.1 Å². The van der Waals surface area contributed by atoms with Crippen LogP contribution in [0, 0.1) is 5.92 Å². The van der Waals surface area contributed by atoms with Gasteiger partial charge in [-0.25, -0.2) is 0 Å². The van der Waals surface area contributed by atoms with E-state index in [0.717, 1.165) is 12.0 Å². The fourth-order valence-corrected chi connectivity index (χ4v) is 2.15. The molecule has 5 nitrogen and oxygen atoms in total. The Morgan fingerprint density at radius 3 is 2.25 bits per heavy atom. The molecule has 2 N–H and O–H groups in total. The molecule has 0 bridgehead atoms. The summed E-state index contributed by atoms with van der Waals surface area (Å²) in [5.74, 6) is -0.0709. The quantitative estimate of drug-likeness (QED) is 0.821. The van der Waals surface area contributed by atoms with Crippen molar-refractivity contribution in [3.8, 4) is 0 Å². The molecular weight excluding hydrogens is 302 g/mol. The van der Waals surface area contributed by atoms with E-state index in [-0.39, 0.29) is 11.8 Å². The van der Waals surface area contributed by atoms with Gasteiger partial charge in [-0.2, -0.15) is 0 Å². The van der Waals surface area contributed by atoms with Crippen LogP contribution in [-0.2, 0) is 6.42 Å². The maximum absolute atomic E-state index is 12.2. The molecular formula is C19H23N3O2. The number of carbonyl (C=O) groups is 2. The second-order valence-electron chi connectivity index (χ2n) is 6.06. The normalized spacial score (nSPS) is 10.5. The first-order valence-corrected chi connectivity index (χ1v) is 8.11. The number of benzene rings is 1. The highest BCUT2D eigenvalue weighted by atomic mass is 16.2. The summed E-state index contributed by atoms with van der Waals surface area (Å²) in [5.41, 5.74) is 1.95. The summed E-state index contributed by atoms with van der Waals surface area (Å²) in [7, 11) is 0. The lowest BCUT2D eigenvalue weighted by atomic mass is 10.1. The van der Waals surface area contributed by atoms with Crippen LogP contribution < -0.4 is 10.6 Å². The smallest absolute Gasteiger partial charge is 0.252 e. The zero-order valence-corrected chi connectivity index (χ0v) is 14.1. The molecule has 0 aliphatic rings. The average molecular weight is 325 g/mol. The van der Waals surface area contributed by atoms with E-state index in [4.69, 9.17) is 0 Å². The lowest BCUT2D eigenvalue weighted by Crippen LogP contribution is -2.29. The molecule has 0 saturated heterocycles. The second-order valence-corrected chi connectivity index (χ2v) is 6.06. The molecule has 2 aromatic rings. The second kappa shape index (κ2) is 8.82. The highest BCUT2D eigenvalue weighted by molar-refractivity contribution is 5.99. The summed E-state index contributed by atoms with van der Waals surface area (Å²) < 4.78 is 0. The van der Waals surface area contributed by atoms with Crippen LogP contribution in [0.2, 0.25) is 0 Å². The molecule has 0 aliphatic heterocycles. The van der Waals surface area contributed by atoms with Crippen molar-refractivity contribution in [3.05, 3.63) is 65.5 Å². The number of aromatic nitrogens is 1. The maximum atomic E-state index is 12.2. The molecule has 0 saturated carbocycles. The van der Waals surface area contributed by atoms with Gasteiger partial charge in [-0.05, 0) is 24.0 Å². The Balaban J connectivity index is 1.90. The van der Waals surface area contributed by atoms with Crippen molar-refractivity contribution in [1.82, 2.24) is 15.6 Å². The van der Waals surface area contributed by atoms with Crippen molar-refractivity contribution in [3.63, 3.8) is 0 Å². The third kappa shape index (κ3) is 5.50. The third-order valence-corrected chi connectivity index (χ3v) is 3.48. The van der Waals surface area contributed by atoms with Crippen LogP contribution in [0.25, 0.3) is 0 Å². The molecule has 1 aromatic carbocycles. The largest absolute Gasteiger partial charge is 0.352 e. The van der Waals surface area contributed by atoms with Crippen molar-refractivity contribution >= 4 is 11.8 Å². The van der Waals surface area contributed by atoms with Gasteiger partial charge in [0.25, 0.3) is 11.8 Å². The number of hydrogen-bond donors (Lipinski definition) is 2. The molecule has 126 valence electrons. The minimum Gasteiger partial charge on any atom is -0.352 e. The molecule has 0 radical (unpaired) electrons. The monoisotopic (exact) mass is 325 g/mol. The zero-order valence-electron chi connectivity index (χ0n) is 14.1. The molecule has 1 heterocycles. The Hall–Kier alpha value is -2.69. The van der Waals surface area contributed by atoms with Gasteiger partial charge in [0, 0.05) is 25.5 Å². The van der Waals surface area contributed by atoms with Crippen molar-refractivity contribution in [2.75, 3.05) is 13.1 Å². The zero-order chi connectivity index (χ0) is 17.4. The number of pyridine rings is 1. The molecule has 0 spiro atoms. The number of rotatable bonds is 7. The van der Waals surface area contributed by atoms with Gasteiger partial charge in [0.05, 0.1) is 11.1 Å². The van der Waals surface area contributed by atoms with Crippen LogP contribution in [-0.4, -0.2) is 29.9 Å².